The second-order valence-corrected chi connectivity index (χ2v) is 6.06. The summed E-state index contributed by atoms with van der Waals surface area (Å²) >= 11 is 0. The van der Waals surface area contributed by atoms with E-state index < -0.39 is 0 Å². The van der Waals surface area contributed by atoms with Gasteiger partial charge in [-0.2, -0.15) is 5.10 Å². The Bertz CT molecular complexity index is 577. The molecule has 1 atom stereocenters. The van der Waals surface area contributed by atoms with Crippen molar-refractivity contribution < 1.29 is 9.59 Å². The summed E-state index contributed by atoms with van der Waals surface area (Å²) in [6, 6.07) is 0.413. The molecule has 1 aliphatic rings. The van der Waals surface area contributed by atoms with Crippen molar-refractivity contribution in [1.82, 2.24) is 20.0 Å². The first-order valence-corrected chi connectivity index (χ1v) is 7.64. The number of rotatable bonds is 5. The van der Waals surface area contributed by atoms with Gasteiger partial charge in [-0.25, -0.2) is 0 Å². The quantitative estimate of drug-likeness (QED) is 0.828. The second-order valence-electron chi connectivity index (χ2n) is 6.06. The van der Waals surface area contributed by atoms with Crippen LogP contribution in [0.15, 0.2) is 18.9 Å². The molecular formula is C16H24N4O2. The van der Waals surface area contributed by atoms with Crippen molar-refractivity contribution in [2.45, 2.75) is 45.2 Å². The smallest absolute Gasteiger partial charge is 0.246 e. The maximum atomic E-state index is 12.0. The molecule has 1 aromatic rings. The lowest BCUT2D eigenvalue weighted by molar-refractivity contribution is -0.131. The van der Waals surface area contributed by atoms with E-state index in [1.54, 1.807) is 7.05 Å². The van der Waals surface area contributed by atoms with Gasteiger partial charge in [0.2, 0.25) is 11.8 Å². The third-order valence-electron chi connectivity index (χ3n) is 3.97. The summed E-state index contributed by atoms with van der Waals surface area (Å²) in [6.45, 7) is 7.68. The minimum Gasteiger partial charge on any atom is -0.351 e. The number of aryl methyl sites for hydroxylation is 1. The van der Waals surface area contributed by atoms with Crippen molar-refractivity contribution in [1.29, 1.82) is 0 Å². The summed E-state index contributed by atoms with van der Waals surface area (Å²) in [4.78, 5) is 24.8. The predicted octanol–water partition coefficient (Wildman–Crippen LogP) is 1.08. The zero-order valence-electron chi connectivity index (χ0n) is 13.5. The van der Waals surface area contributed by atoms with E-state index in [4.69, 9.17) is 0 Å². The van der Waals surface area contributed by atoms with Gasteiger partial charge in [0.25, 0.3) is 0 Å². The van der Waals surface area contributed by atoms with E-state index in [0.29, 0.717) is 6.04 Å². The van der Waals surface area contributed by atoms with Gasteiger partial charge in [0.05, 0.1) is 12.7 Å². The van der Waals surface area contributed by atoms with E-state index in [2.05, 4.69) is 30.8 Å². The van der Waals surface area contributed by atoms with Gasteiger partial charge in [-0.1, -0.05) is 6.58 Å². The molecule has 0 spiro atoms. The standard InChI is InChI=1S/C16H24N4O2/c1-5-16(22)19(4)10-15(21)18-13-7-6-12-9-17-20(11(2)3)14(12)8-13/h5,9,11,13H,1,6-8,10H2,2-4H3,(H,18,21). The van der Waals surface area contributed by atoms with Crippen LogP contribution in [0.25, 0.3) is 0 Å². The van der Waals surface area contributed by atoms with Crippen molar-refractivity contribution in [3.63, 3.8) is 0 Å². The molecule has 2 amide bonds. The van der Waals surface area contributed by atoms with Gasteiger partial charge in [0.15, 0.2) is 0 Å². The lowest BCUT2D eigenvalue weighted by Gasteiger charge is -2.26. The van der Waals surface area contributed by atoms with Gasteiger partial charge in [-0.05, 0) is 38.3 Å². The lowest BCUT2D eigenvalue weighted by Crippen LogP contribution is -2.44. The normalized spacial score (nSPS) is 17.0. The molecule has 0 saturated heterocycles. The molecule has 1 unspecified atom stereocenters. The van der Waals surface area contributed by atoms with Crippen molar-refractivity contribution in [2.75, 3.05) is 13.6 Å². The molecule has 1 heterocycles. The summed E-state index contributed by atoms with van der Waals surface area (Å²) in [7, 11) is 1.59. The largest absolute Gasteiger partial charge is 0.351 e. The van der Waals surface area contributed by atoms with E-state index in [9.17, 15) is 9.59 Å². The molecule has 0 aromatic carbocycles. The van der Waals surface area contributed by atoms with E-state index in [-0.39, 0.29) is 24.4 Å². The Hall–Kier alpha value is -2.11. The summed E-state index contributed by atoms with van der Waals surface area (Å²) in [5.74, 6) is -0.388. The minimum absolute atomic E-state index is 0.0532. The Morgan fingerprint density at radius 1 is 1.59 bits per heavy atom. The van der Waals surface area contributed by atoms with Gasteiger partial charge < -0.3 is 10.2 Å². The van der Waals surface area contributed by atoms with E-state index in [1.807, 2.05) is 10.9 Å². The number of hydrogen-bond acceptors (Lipinski definition) is 3. The molecule has 0 radical (unpaired) electrons. The van der Waals surface area contributed by atoms with Crippen molar-refractivity contribution in [3.8, 4) is 0 Å². The van der Waals surface area contributed by atoms with Gasteiger partial charge in [0, 0.05) is 31.2 Å². The van der Waals surface area contributed by atoms with E-state index >= 15 is 0 Å². The van der Waals surface area contributed by atoms with Crippen LogP contribution < -0.4 is 5.32 Å². The first kappa shape index (κ1) is 16.3. The average Bonchev–Trinajstić information content (AvgIpc) is 2.89. The van der Waals surface area contributed by atoms with Crippen LogP contribution in [-0.2, 0) is 22.4 Å². The fourth-order valence-corrected chi connectivity index (χ4v) is 2.81. The number of aromatic nitrogens is 2. The van der Waals surface area contributed by atoms with Crippen LogP contribution in [0.1, 0.15) is 37.6 Å². The summed E-state index contributed by atoms with van der Waals surface area (Å²) < 4.78 is 2.03. The Morgan fingerprint density at radius 2 is 2.32 bits per heavy atom. The Kier molecular flexibility index (Phi) is 5.00. The number of nitrogens with zero attached hydrogens (tertiary/aromatic N) is 3. The number of likely N-dealkylation sites (N-methyl/N-ethyl adjacent to an activating group) is 1. The summed E-state index contributed by atoms with van der Waals surface area (Å²) in [6.07, 6.45) is 5.76. The van der Waals surface area contributed by atoms with E-state index in [0.717, 1.165) is 19.3 Å². The SMILES string of the molecule is C=CC(=O)N(C)CC(=O)NC1CCc2cnn(C(C)C)c2C1. The van der Waals surface area contributed by atoms with Gasteiger partial charge >= 0.3 is 0 Å². The molecule has 6 nitrogen and oxygen atoms in total. The predicted molar refractivity (Wildman–Crippen MR) is 84.4 cm³/mol. The fourth-order valence-electron chi connectivity index (χ4n) is 2.81. The fraction of sp³-hybridized carbons (Fsp3) is 0.562. The number of nitrogens with one attached hydrogen (secondary N) is 1. The molecule has 1 N–H and O–H groups in total. The maximum absolute atomic E-state index is 12.0. The van der Waals surface area contributed by atoms with Gasteiger partial charge in [-0.15, -0.1) is 0 Å². The zero-order chi connectivity index (χ0) is 16.3. The number of hydrogen-bond donors (Lipinski definition) is 1. The molecule has 6 heteroatoms. The molecule has 1 aliphatic carbocycles. The van der Waals surface area contributed by atoms with Crippen LogP contribution in [0.3, 0.4) is 0 Å². The highest BCUT2D eigenvalue weighted by Gasteiger charge is 2.25. The number of amides is 2. The van der Waals surface area contributed by atoms with Crippen LogP contribution >= 0.6 is 0 Å². The Labute approximate surface area is 131 Å². The van der Waals surface area contributed by atoms with Crippen molar-refractivity contribution >= 4 is 11.8 Å². The molecule has 0 aliphatic heterocycles. The zero-order valence-corrected chi connectivity index (χ0v) is 13.5. The maximum Gasteiger partial charge on any atom is 0.246 e. The average molecular weight is 304 g/mol. The first-order valence-electron chi connectivity index (χ1n) is 7.64. The topological polar surface area (TPSA) is 67.2 Å². The number of carbonyl (C=O) groups is 2. The van der Waals surface area contributed by atoms with Crippen LogP contribution in [0, 0.1) is 0 Å². The molecule has 0 saturated carbocycles. The Balaban J connectivity index is 1.95. The highest BCUT2D eigenvalue weighted by Crippen LogP contribution is 2.23. The van der Waals surface area contributed by atoms with Crippen LogP contribution in [-0.4, -0.2) is 46.1 Å². The lowest BCUT2D eigenvalue weighted by atomic mass is 9.93. The van der Waals surface area contributed by atoms with Crippen molar-refractivity contribution in [3.05, 3.63) is 30.1 Å². The van der Waals surface area contributed by atoms with Crippen molar-refractivity contribution in [2.24, 2.45) is 0 Å². The third-order valence-corrected chi connectivity index (χ3v) is 3.97. The van der Waals surface area contributed by atoms with Crippen LogP contribution in [0.4, 0.5) is 0 Å². The first-order chi connectivity index (χ1) is 10.4. The molecule has 0 fully saturated rings. The minimum atomic E-state index is -0.251. The molecule has 0 bridgehead atoms. The molecule has 22 heavy (non-hydrogen) atoms. The number of carbonyl (C=O) groups excluding carboxylic acids is 2. The molecule has 1 aromatic heterocycles. The number of fused-ring (bicyclic) bond motifs is 1. The van der Waals surface area contributed by atoms with Gasteiger partial charge in [-0.3, -0.25) is 14.3 Å². The van der Waals surface area contributed by atoms with Gasteiger partial charge in [0.1, 0.15) is 0 Å². The highest BCUT2D eigenvalue weighted by atomic mass is 16.2. The monoisotopic (exact) mass is 304 g/mol. The summed E-state index contributed by atoms with van der Waals surface area (Å²) in [5.41, 5.74) is 2.49. The van der Waals surface area contributed by atoms with Crippen LogP contribution in [0.2, 0.25) is 0 Å². The second kappa shape index (κ2) is 6.77. The van der Waals surface area contributed by atoms with Crippen LogP contribution in [0.5, 0.6) is 0 Å². The Morgan fingerprint density at radius 3 is 2.95 bits per heavy atom. The molecule has 120 valence electrons. The molecule has 2 rings (SSSR count). The van der Waals surface area contributed by atoms with E-state index in [1.165, 1.54) is 22.2 Å². The highest BCUT2D eigenvalue weighted by molar-refractivity contribution is 5.90. The molecular weight excluding hydrogens is 280 g/mol. The summed E-state index contributed by atoms with van der Waals surface area (Å²) in [5, 5.41) is 7.45. The third kappa shape index (κ3) is 3.55.